The minimum absolute atomic E-state index is 0.156. The summed E-state index contributed by atoms with van der Waals surface area (Å²) in [6, 6.07) is 0. The largest absolute Gasteiger partial charge is 0.366 e. The van der Waals surface area contributed by atoms with Crippen LogP contribution in [-0.4, -0.2) is 47.3 Å². The van der Waals surface area contributed by atoms with Crippen LogP contribution in [0, 0.1) is 0 Å². The summed E-state index contributed by atoms with van der Waals surface area (Å²) in [5.74, 6) is 0.156. The second kappa shape index (κ2) is 4.45. The smallest absolute Gasteiger partial charge is 0.240 e. The van der Waals surface area contributed by atoms with Gasteiger partial charge < -0.3 is 5.73 Å². The lowest BCUT2D eigenvalue weighted by atomic mass is 10.6. The number of likely N-dealkylation sites (N-methyl/N-ethyl adjacent to an activating group) is 1. The number of nitrogens with two attached hydrogens (primary N) is 1. The second-order valence-electron chi connectivity index (χ2n) is 3.05. The summed E-state index contributed by atoms with van der Waals surface area (Å²) in [5.41, 5.74) is 5.37. The van der Waals surface area contributed by atoms with E-state index in [1.165, 1.54) is 16.0 Å². The highest BCUT2D eigenvalue weighted by Gasteiger charge is 2.12. The van der Waals surface area contributed by atoms with Crippen molar-refractivity contribution in [2.45, 2.75) is 6.54 Å². The molecule has 0 atom stereocenters. The Morgan fingerprint density at radius 2 is 2.20 bits per heavy atom. The maximum atomic E-state index is 11.1. The standard InChI is InChI=1S/C6H12BrN5O2S/c1-11(15(2,13)14)3-4-12-5(7)9-6(8)10-12/h3-4H2,1-2H3,(H2,8,10). The Labute approximate surface area is 96.4 Å². The average molecular weight is 298 g/mol. The normalized spacial score (nSPS) is 12.3. The van der Waals surface area contributed by atoms with Crippen molar-refractivity contribution in [1.29, 1.82) is 0 Å². The lowest BCUT2D eigenvalue weighted by Gasteiger charge is -2.13. The molecule has 0 aliphatic carbocycles. The van der Waals surface area contributed by atoms with Crippen molar-refractivity contribution in [3.8, 4) is 0 Å². The first-order valence-electron chi connectivity index (χ1n) is 4.08. The SMILES string of the molecule is CN(CCn1nc(N)nc1Br)S(C)(=O)=O. The van der Waals surface area contributed by atoms with Crippen LogP contribution in [0.3, 0.4) is 0 Å². The monoisotopic (exact) mass is 297 g/mol. The Bertz CT molecular complexity index is 442. The molecule has 2 N–H and O–H groups in total. The van der Waals surface area contributed by atoms with Gasteiger partial charge in [0, 0.05) is 13.6 Å². The van der Waals surface area contributed by atoms with E-state index in [-0.39, 0.29) is 5.95 Å². The molecule has 0 saturated carbocycles. The van der Waals surface area contributed by atoms with Crippen molar-refractivity contribution in [1.82, 2.24) is 19.1 Å². The molecule has 1 aromatic rings. The van der Waals surface area contributed by atoms with Crippen LogP contribution >= 0.6 is 15.9 Å². The van der Waals surface area contributed by atoms with E-state index < -0.39 is 10.0 Å². The van der Waals surface area contributed by atoms with Crippen molar-refractivity contribution in [2.24, 2.45) is 0 Å². The molecule has 0 radical (unpaired) electrons. The van der Waals surface area contributed by atoms with Crippen LogP contribution < -0.4 is 5.73 Å². The summed E-state index contributed by atoms with van der Waals surface area (Å²) < 4.78 is 25.4. The Morgan fingerprint density at radius 3 is 2.60 bits per heavy atom. The predicted molar refractivity (Wildman–Crippen MR) is 59.6 cm³/mol. The van der Waals surface area contributed by atoms with Crippen LogP contribution in [0.5, 0.6) is 0 Å². The summed E-state index contributed by atoms with van der Waals surface area (Å²) in [4.78, 5) is 3.83. The highest BCUT2D eigenvalue weighted by Crippen LogP contribution is 2.07. The van der Waals surface area contributed by atoms with Crippen molar-refractivity contribution in [3.05, 3.63) is 4.73 Å². The van der Waals surface area contributed by atoms with Gasteiger partial charge >= 0.3 is 0 Å². The molecule has 0 aliphatic heterocycles. The van der Waals surface area contributed by atoms with Gasteiger partial charge in [-0.2, -0.15) is 4.98 Å². The summed E-state index contributed by atoms with van der Waals surface area (Å²) in [7, 11) is -1.65. The third-order valence-corrected chi connectivity index (χ3v) is 3.74. The molecule has 0 amide bonds. The molecule has 1 aromatic heterocycles. The highest BCUT2D eigenvalue weighted by molar-refractivity contribution is 9.10. The van der Waals surface area contributed by atoms with Crippen molar-refractivity contribution >= 4 is 31.9 Å². The fourth-order valence-electron chi connectivity index (χ4n) is 0.883. The number of aromatic nitrogens is 3. The van der Waals surface area contributed by atoms with Crippen LogP contribution in [0.1, 0.15) is 0 Å². The number of nitrogen functional groups attached to an aromatic ring is 1. The van der Waals surface area contributed by atoms with E-state index in [0.717, 1.165) is 6.26 Å². The van der Waals surface area contributed by atoms with Gasteiger partial charge in [0.25, 0.3) is 0 Å². The number of anilines is 1. The van der Waals surface area contributed by atoms with E-state index in [9.17, 15) is 8.42 Å². The number of rotatable bonds is 4. The number of sulfonamides is 1. The topological polar surface area (TPSA) is 94.1 Å². The average Bonchev–Trinajstić information content (AvgIpc) is 2.39. The molecule has 0 fully saturated rings. The Hall–Kier alpha value is -0.670. The lowest BCUT2D eigenvalue weighted by molar-refractivity contribution is 0.433. The molecule has 0 bridgehead atoms. The molecule has 0 spiro atoms. The van der Waals surface area contributed by atoms with Gasteiger partial charge in [-0.25, -0.2) is 17.4 Å². The van der Waals surface area contributed by atoms with Crippen LogP contribution in [0.2, 0.25) is 0 Å². The summed E-state index contributed by atoms with van der Waals surface area (Å²) in [6.45, 7) is 0.717. The molecular formula is C6H12BrN5O2S. The molecular weight excluding hydrogens is 286 g/mol. The van der Waals surface area contributed by atoms with E-state index in [2.05, 4.69) is 26.0 Å². The van der Waals surface area contributed by atoms with Crippen LogP contribution in [0.4, 0.5) is 5.95 Å². The predicted octanol–water partition coefficient (Wildman–Crippen LogP) is -0.486. The highest BCUT2D eigenvalue weighted by atomic mass is 79.9. The van der Waals surface area contributed by atoms with Gasteiger partial charge in [0.05, 0.1) is 12.8 Å². The summed E-state index contributed by atoms with van der Waals surface area (Å²) in [6.07, 6.45) is 1.15. The molecule has 1 heterocycles. The Morgan fingerprint density at radius 1 is 1.60 bits per heavy atom. The molecule has 7 nitrogen and oxygen atoms in total. The maximum Gasteiger partial charge on any atom is 0.240 e. The quantitative estimate of drug-likeness (QED) is 0.810. The van der Waals surface area contributed by atoms with E-state index in [4.69, 9.17) is 5.73 Å². The van der Waals surface area contributed by atoms with Crippen molar-refractivity contribution in [2.75, 3.05) is 25.6 Å². The Kier molecular flexibility index (Phi) is 3.68. The number of hydrogen-bond acceptors (Lipinski definition) is 5. The minimum atomic E-state index is -3.15. The van der Waals surface area contributed by atoms with Crippen LogP contribution in [0.25, 0.3) is 0 Å². The van der Waals surface area contributed by atoms with E-state index >= 15 is 0 Å². The van der Waals surface area contributed by atoms with Crippen LogP contribution in [0.15, 0.2) is 4.73 Å². The molecule has 9 heteroatoms. The summed E-state index contributed by atoms with van der Waals surface area (Å²) in [5, 5.41) is 3.88. The van der Waals surface area contributed by atoms with Gasteiger partial charge in [-0.15, -0.1) is 5.10 Å². The van der Waals surface area contributed by atoms with Gasteiger partial charge in [-0.05, 0) is 15.9 Å². The zero-order chi connectivity index (χ0) is 11.6. The number of nitrogens with zero attached hydrogens (tertiary/aromatic N) is 4. The molecule has 0 saturated heterocycles. The maximum absolute atomic E-state index is 11.1. The van der Waals surface area contributed by atoms with E-state index in [1.807, 2.05) is 0 Å². The fourth-order valence-corrected chi connectivity index (χ4v) is 1.73. The molecule has 1 rings (SSSR count). The van der Waals surface area contributed by atoms with Gasteiger partial charge in [0.1, 0.15) is 0 Å². The van der Waals surface area contributed by atoms with Gasteiger partial charge in [-0.3, -0.25) is 0 Å². The van der Waals surface area contributed by atoms with E-state index in [0.29, 0.717) is 17.8 Å². The van der Waals surface area contributed by atoms with Gasteiger partial charge in [0.2, 0.25) is 16.0 Å². The molecule has 0 aliphatic rings. The summed E-state index contributed by atoms with van der Waals surface area (Å²) >= 11 is 3.16. The third-order valence-electron chi connectivity index (χ3n) is 1.84. The number of halogens is 1. The first kappa shape index (κ1) is 12.4. The number of hydrogen-bond donors (Lipinski definition) is 1. The molecule has 0 unspecified atom stereocenters. The van der Waals surface area contributed by atoms with E-state index in [1.54, 1.807) is 0 Å². The van der Waals surface area contributed by atoms with Gasteiger partial charge in [0.15, 0.2) is 4.73 Å². The molecule has 0 aromatic carbocycles. The minimum Gasteiger partial charge on any atom is -0.366 e. The zero-order valence-electron chi connectivity index (χ0n) is 8.38. The van der Waals surface area contributed by atoms with Crippen molar-refractivity contribution in [3.63, 3.8) is 0 Å². The first-order valence-corrected chi connectivity index (χ1v) is 6.72. The fraction of sp³-hybridized carbons (Fsp3) is 0.667. The molecule has 86 valence electrons. The third kappa shape index (κ3) is 3.43. The molecule has 15 heavy (non-hydrogen) atoms. The van der Waals surface area contributed by atoms with Gasteiger partial charge in [-0.1, -0.05) is 0 Å². The van der Waals surface area contributed by atoms with Crippen LogP contribution in [-0.2, 0) is 16.6 Å². The van der Waals surface area contributed by atoms with Crippen molar-refractivity contribution < 1.29 is 8.42 Å². The lowest BCUT2D eigenvalue weighted by Crippen LogP contribution is -2.29. The Balaban J connectivity index is 2.62. The second-order valence-corrected chi connectivity index (χ2v) is 5.85. The first-order chi connectivity index (χ1) is 6.80. The zero-order valence-corrected chi connectivity index (χ0v) is 10.8.